The molecule has 0 amide bonds. The molecule has 1 aromatic carbocycles. The number of sulfonamides is 1. The number of rotatable bonds is 4. The zero-order valence-electron chi connectivity index (χ0n) is 10.5. The first-order chi connectivity index (χ1) is 9.36. The Morgan fingerprint density at radius 1 is 1.35 bits per heavy atom. The smallest absolute Gasteiger partial charge is 0.268 e. The molecular formula is C12H12BrFN2O3S. The van der Waals surface area contributed by atoms with E-state index in [0.717, 1.165) is 4.31 Å². The second kappa shape index (κ2) is 5.55. The normalized spacial score (nSPS) is 11.6. The number of hydrogen-bond acceptors (Lipinski definition) is 4. The van der Waals surface area contributed by atoms with E-state index in [1.807, 2.05) is 0 Å². The zero-order valence-corrected chi connectivity index (χ0v) is 12.9. The van der Waals surface area contributed by atoms with Crippen LogP contribution in [-0.4, -0.2) is 15.5 Å². The van der Waals surface area contributed by atoms with E-state index in [0.29, 0.717) is 11.4 Å². The number of nitrogens with two attached hydrogens (primary N) is 1. The van der Waals surface area contributed by atoms with Crippen LogP contribution >= 0.6 is 15.9 Å². The molecule has 0 spiro atoms. The topological polar surface area (TPSA) is 76.5 Å². The van der Waals surface area contributed by atoms with E-state index in [4.69, 9.17) is 10.2 Å². The summed E-state index contributed by atoms with van der Waals surface area (Å²) >= 11 is 3.06. The van der Waals surface area contributed by atoms with Gasteiger partial charge in [0.2, 0.25) is 0 Å². The second-order valence-electron chi connectivity index (χ2n) is 4.00. The molecule has 0 atom stereocenters. The van der Waals surface area contributed by atoms with Gasteiger partial charge >= 0.3 is 0 Å². The van der Waals surface area contributed by atoms with Crippen molar-refractivity contribution >= 4 is 31.6 Å². The van der Waals surface area contributed by atoms with Gasteiger partial charge in [0, 0.05) is 13.1 Å². The molecule has 0 unspecified atom stereocenters. The van der Waals surface area contributed by atoms with E-state index < -0.39 is 15.8 Å². The first-order valence-corrected chi connectivity index (χ1v) is 7.82. The van der Waals surface area contributed by atoms with Gasteiger partial charge in [-0.2, -0.15) is 0 Å². The second-order valence-corrected chi connectivity index (χ2v) is 6.66. The Bertz CT molecular complexity index is 713. The molecule has 0 aliphatic rings. The van der Waals surface area contributed by atoms with Crippen molar-refractivity contribution in [3.05, 3.63) is 46.6 Å². The van der Waals surface area contributed by atoms with Crippen molar-refractivity contribution in [1.82, 2.24) is 0 Å². The summed E-state index contributed by atoms with van der Waals surface area (Å²) in [5, 5.41) is 0. The van der Waals surface area contributed by atoms with Crippen molar-refractivity contribution in [2.75, 3.05) is 11.4 Å². The predicted octanol–water partition coefficient (Wildman–Crippen LogP) is 2.46. The minimum atomic E-state index is -3.81. The third kappa shape index (κ3) is 2.72. The van der Waals surface area contributed by atoms with Crippen LogP contribution in [0.4, 0.5) is 10.1 Å². The molecule has 0 radical (unpaired) electrons. The maximum absolute atomic E-state index is 12.9. The Kier molecular flexibility index (Phi) is 4.17. The maximum Gasteiger partial charge on any atom is 0.268 e. The van der Waals surface area contributed by atoms with Gasteiger partial charge in [-0.3, -0.25) is 4.31 Å². The maximum atomic E-state index is 12.9. The minimum Gasteiger partial charge on any atom is -0.452 e. The Hall–Kier alpha value is -1.38. The molecule has 0 saturated carbocycles. The fourth-order valence-electron chi connectivity index (χ4n) is 1.61. The van der Waals surface area contributed by atoms with Crippen LogP contribution in [-0.2, 0) is 16.6 Å². The lowest BCUT2D eigenvalue weighted by atomic mass is 10.3. The lowest BCUT2D eigenvalue weighted by Crippen LogP contribution is -2.26. The highest BCUT2D eigenvalue weighted by atomic mass is 79.9. The molecule has 0 aliphatic carbocycles. The molecule has 1 aromatic heterocycles. The van der Waals surface area contributed by atoms with Gasteiger partial charge in [0.25, 0.3) is 10.0 Å². The van der Waals surface area contributed by atoms with Crippen LogP contribution in [0.1, 0.15) is 5.76 Å². The molecule has 1 heterocycles. The van der Waals surface area contributed by atoms with E-state index in [1.54, 1.807) is 0 Å². The summed E-state index contributed by atoms with van der Waals surface area (Å²) in [4.78, 5) is -0.0234. The zero-order chi connectivity index (χ0) is 14.9. The number of nitrogens with zero attached hydrogens (tertiary/aromatic N) is 1. The highest BCUT2D eigenvalue weighted by Gasteiger charge is 2.27. The third-order valence-corrected chi connectivity index (χ3v) is 5.38. The van der Waals surface area contributed by atoms with Gasteiger partial charge in [-0.25, -0.2) is 12.8 Å². The molecule has 5 nitrogen and oxygen atoms in total. The summed E-state index contributed by atoms with van der Waals surface area (Å²) in [5.74, 6) is -0.0857. The lowest BCUT2D eigenvalue weighted by Gasteiger charge is -2.18. The van der Waals surface area contributed by atoms with Crippen molar-refractivity contribution in [3.8, 4) is 0 Å². The van der Waals surface area contributed by atoms with E-state index in [9.17, 15) is 12.8 Å². The molecule has 0 bridgehead atoms. The Balaban J connectivity index is 2.43. The van der Waals surface area contributed by atoms with Crippen molar-refractivity contribution in [2.45, 2.75) is 11.4 Å². The van der Waals surface area contributed by atoms with Crippen LogP contribution < -0.4 is 10.0 Å². The molecule has 2 N–H and O–H groups in total. The summed E-state index contributed by atoms with van der Waals surface area (Å²) < 4.78 is 44.1. The molecule has 0 aliphatic heterocycles. The number of furan rings is 1. The average molecular weight is 363 g/mol. The highest BCUT2D eigenvalue weighted by Crippen LogP contribution is 2.30. The van der Waals surface area contributed by atoms with Gasteiger partial charge < -0.3 is 10.2 Å². The van der Waals surface area contributed by atoms with E-state index >= 15 is 0 Å². The number of halogens is 2. The fourth-order valence-corrected chi connectivity index (χ4v) is 3.77. The van der Waals surface area contributed by atoms with Crippen molar-refractivity contribution in [3.63, 3.8) is 0 Å². The van der Waals surface area contributed by atoms with E-state index in [-0.39, 0.29) is 16.1 Å². The standard InChI is InChI=1S/C12H12BrFN2O3S/c1-16(9-4-2-8(14)3-5-9)20(17,18)11-6-10(7-15)19-12(11)13/h2-6H,7,15H2,1H3. The SMILES string of the molecule is CN(c1ccc(F)cc1)S(=O)(=O)c1cc(CN)oc1Br. The first kappa shape index (κ1) is 15.0. The Morgan fingerprint density at radius 3 is 2.45 bits per heavy atom. The summed E-state index contributed by atoms with van der Waals surface area (Å²) in [6, 6.07) is 6.50. The van der Waals surface area contributed by atoms with Gasteiger partial charge in [-0.15, -0.1) is 0 Å². The quantitative estimate of drug-likeness (QED) is 0.906. The van der Waals surface area contributed by atoms with Gasteiger partial charge in [0.15, 0.2) is 4.67 Å². The molecular weight excluding hydrogens is 351 g/mol. The van der Waals surface area contributed by atoms with Crippen LogP contribution in [0.2, 0.25) is 0 Å². The molecule has 8 heteroatoms. The van der Waals surface area contributed by atoms with Gasteiger partial charge in [-0.05, 0) is 40.2 Å². The Labute approximate surface area is 124 Å². The molecule has 108 valence electrons. The molecule has 2 rings (SSSR count). The summed E-state index contributed by atoms with van der Waals surface area (Å²) in [6.45, 7) is 0.0916. The molecule has 2 aromatic rings. The summed E-state index contributed by atoms with van der Waals surface area (Å²) in [6.07, 6.45) is 0. The Morgan fingerprint density at radius 2 is 1.95 bits per heavy atom. The number of anilines is 1. The van der Waals surface area contributed by atoms with E-state index in [1.165, 1.54) is 37.4 Å². The van der Waals surface area contributed by atoms with Crippen LogP contribution in [0.5, 0.6) is 0 Å². The lowest BCUT2D eigenvalue weighted by molar-refractivity contribution is 0.484. The average Bonchev–Trinajstić information content (AvgIpc) is 2.81. The van der Waals surface area contributed by atoms with Crippen LogP contribution in [0.15, 0.2) is 44.3 Å². The largest absolute Gasteiger partial charge is 0.452 e. The summed E-state index contributed by atoms with van der Waals surface area (Å²) in [7, 11) is -2.43. The van der Waals surface area contributed by atoms with Crippen molar-refractivity contribution in [2.24, 2.45) is 5.73 Å². The highest BCUT2D eigenvalue weighted by molar-refractivity contribution is 9.10. The first-order valence-electron chi connectivity index (χ1n) is 5.59. The van der Waals surface area contributed by atoms with Gasteiger partial charge in [0.05, 0.1) is 12.2 Å². The van der Waals surface area contributed by atoms with Crippen LogP contribution in [0.25, 0.3) is 0 Å². The van der Waals surface area contributed by atoms with Gasteiger partial charge in [0.1, 0.15) is 16.5 Å². The summed E-state index contributed by atoms with van der Waals surface area (Å²) in [5.41, 5.74) is 5.76. The third-order valence-electron chi connectivity index (χ3n) is 2.74. The molecule has 0 fully saturated rings. The number of hydrogen-bond donors (Lipinski definition) is 1. The molecule has 0 saturated heterocycles. The van der Waals surface area contributed by atoms with Gasteiger partial charge in [-0.1, -0.05) is 0 Å². The monoisotopic (exact) mass is 362 g/mol. The predicted molar refractivity (Wildman–Crippen MR) is 76.3 cm³/mol. The van der Waals surface area contributed by atoms with Crippen molar-refractivity contribution in [1.29, 1.82) is 0 Å². The number of benzene rings is 1. The van der Waals surface area contributed by atoms with E-state index in [2.05, 4.69) is 15.9 Å². The fraction of sp³-hybridized carbons (Fsp3) is 0.167. The van der Waals surface area contributed by atoms with Crippen LogP contribution in [0, 0.1) is 5.82 Å². The minimum absolute atomic E-state index is 0.0234. The van der Waals surface area contributed by atoms with Crippen molar-refractivity contribution < 1.29 is 17.2 Å². The van der Waals surface area contributed by atoms with Crippen LogP contribution in [0.3, 0.4) is 0 Å². The molecule has 20 heavy (non-hydrogen) atoms.